The third-order valence-electron chi connectivity index (χ3n) is 5.36. The Labute approximate surface area is 180 Å². The van der Waals surface area contributed by atoms with Crippen molar-refractivity contribution in [2.24, 2.45) is 16.6 Å². The molecule has 0 saturated heterocycles. The largest absolute Gasteiger partial charge is 0.466 e. The lowest BCUT2D eigenvalue weighted by atomic mass is 9.89. The Morgan fingerprint density at radius 1 is 1.37 bits per heavy atom. The molecule has 10 heteroatoms. The van der Waals surface area contributed by atoms with Crippen molar-refractivity contribution in [3.05, 3.63) is 62.2 Å². The highest BCUT2D eigenvalue weighted by atomic mass is 35.5. The average molecular weight is 453 g/mol. The number of nitrogens with zero attached hydrogens (tertiary/aromatic N) is 2. The number of carbonyl (C=O) groups excluding carboxylic acids is 1. The molecule has 2 aromatic rings. The molecule has 1 fully saturated rings. The number of amidine groups is 1. The van der Waals surface area contributed by atoms with Gasteiger partial charge in [0.15, 0.2) is 22.5 Å². The molecule has 3 unspecified atom stereocenters. The van der Waals surface area contributed by atoms with E-state index < -0.39 is 28.7 Å². The number of aromatic nitrogens is 1. The van der Waals surface area contributed by atoms with Crippen LogP contribution in [-0.4, -0.2) is 29.9 Å². The number of nitrogens with two attached hydrogens (primary N) is 1. The van der Waals surface area contributed by atoms with Crippen LogP contribution in [0.25, 0.3) is 0 Å². The van der Waals surface area contributed by atoms with Gasteiger partial charge < -0.3 is 15.8 Å². The Morgan fingerprint density at radius 2 is 2.17 bits per heavy atom. The third-order valence-corrected chi connectivity index (χ3v) is 6.52. The molecule has 30 heavy (non-hydrogen) atoms. The number of nitrogens with one attached hydrogen (secondary N) is 1. The highest BCUT2D eigenvalue weighted by Crippen LogP contribution is 2.41. The maximum Gasteiger partial charge on any atom is 0.338 e. The van der Waals surface area contributed by atoms with Crippen LogP contribution in [0.5, 0.6) is 0 Å². The number of aliphatic imine (C=N–C) groups is 1. The fourth-order valence-electron chi connectivity index (χ4n) is 3.93. The van der Waals surface area contributed by atoms with Gasteiger partial charge in [0, 0.05) is 34.8 Å². The lowest BCUT2D eigenvalue weighted by Gasteiger charge is -2.30. The van der Waals surface area contributed by atoms with Crippen LogP contribution in [0, 0.1) is 17.6 Å². The van der Waals surface area contributed by atoms with Gasteiger partial charge in [-0.25, -0.2) is 18.6 Å². The topological polar surface area (TPSA) is 89.6 Å². The fraction of sp³-hybridized carbons (Fsp3) is 0.350. The molecule has 0 bridgehead atoms. The van der Waals surface area contributed by atoms with E-state index in [0.717, 1.165) is 18.9 Å². The summed E-state index contributed by atoms with van der Waals surface area (Å²) in [7, 11) is 1.26. The number of hydrogen-bond acceptors (Lipinski definition) is 7. The predicted octanol–water partition coefficient (Wildman–Crippen LogP) is 3.72. The van der Waals surface area contributed by atoms with E-state index in [4.69, 9.17) is 22.1 Å². The number of esters is 1. The Morgan fingerprint density at radius 3 is 2.80 bits per heavy atom. The maximum absolute atomic E-state index is 14.2. The van der Waals surface area contributed by atoms with Crippen LogP contribution in [0.3, 0.4) is 0 Å². The van der Waals surface area contributed by atoms with Crippen LogP contribution in [0.2, 0.25) is 5.02 Å². The number of ether oxygens (including phenoxy) is 1. The molecule has 1 aliphatic carbocycles. The van der Waals surface area contributed by atoms with Gasteiger partial charge in [0.05, 0.1) is 17.7 Å². The first-order chi connectivity index (χ1) is 14.4. The van der Waals surface area contributed by atoms with Gasteiger partial charge >= 0.3 is 5.97 Å². The Hall–Kier alpha value is -2.36. The van der Waals surface area contributed by atoms with Crippen molar-refractivity contribution < 1.29 is 18.3 Å². The number of rotatable bonds is 4. The minimum absolute atomic E-state index is 0.00989. The zero-order valence-electron chi connectivity index (χ0n) is 16.0. The second kappa shape index (κ2) is 8.41. The summed E-state index contributed by atoms with van der Waals surface area (Å²) in [6, 6.07) is 1.33. The second-order valence-corrected chi connectivity index (χ2v) is 8.47. The van der Waals surface area contributed by atoms with E-state index in [1.165, 1.54) is 24.5 Å². The zero-order valence-corrected chi connectivity index (χ0v) is 17.6. The maximum atomic E-state index is 14.2. The van der Waals surface area contributed by atoms with Crippen LogP contribution in [0.4, 0.5) is 8.78 Å². The summed E-state index contributed by atoms with van der Waals surface area (Å²) in [5.41, 5.74) is 7.10. The van der Waals surface area contributed by atoms with Gasteiger partial charge in [-0.2, -0.15) is 0 Å². The molecular weight excluding hydrogens is 434 g/mol. The monoisotopic (exact) mass is 452 g/mol. The van der Waals surface area contributed by atoms with Crippen molar-refractivity contribution in [1.29, 1.82) is 0 Å². The van der Waals surface area contributed by atoms with Gasteiger partial charge in [0.2, 0.25) is 0 Å². The van der Waals surface area contributed by atoms with Gasteiger partial charge in [0.25, 0.3) is 0 Å². The first kappa shape index (κ1) is 20.9. The molecule has 2 aliphatic rings. The van der Waals surface area contributed by atoms with E-state index in [9.17, 15) is 13.6 Å². The summed E-state index contributed by atoms with van der Waals surface area (Å²) >= 11 is 7.50. The number of allylic oxidation sites excluding steroid dienone is 1. The Kier molecular flexibility index (Phi) is 5.86. The van der Waals surface area contributed by atoms with E-state index in [2.05, 4.69) is 15.3 Å². The lowest BCUT2D eigenvalue weighted by molar-refractivity contribution is -0.136. The van der Waals surface area contributed by atoms with Crippen molar-refractivity contribution in [2.45, 2.75) is 31.3 Å². The molecule has 1 aromatic heterocycles. The van der Waals surface area contributed by atoms with Crippen LogP contribution >= 0.6 is 22.9 Å². The summed E-state index contributed by atoms with van der Waals surface area (Å²) in [6.45, 7) is 0. The van der Waals surface area contributed by atoms with Gasteiger partial charge in [-0.15, -0.1) is 11.3 Å². The van der Waals surface area contributed by atoms with E-state index >= 15 is 0 Å². The number of thiazole rings is 1. The number of benzene rings is 1. The minimum Gasteiger partial charge on any atom is -0.466 e. The molecule has 0 amide bonds. The summed E-state index contributed by atoms with van der Waals surface area (Å²) < 4.78 is 32.9. The number of methoxy groups -OCH3 is 1. The smallest absolute Gasteiger partial charge is 0.338 e. The molecule has 1 saturated carbocycles. The van der Waals surface area contributed by atoms with Crippen molar-refractivity contribution >= 4 is 34.7 Å². The molecule has 1 aromatic carbocycles. The van der Waals surface area contributed by atoms with E-state index in [-0.39, 0.29) is 23.1 Å². The molecule has 158 valence electrons. The third kappa shape index (κ3) is 3.73. The molecule has 6 nitrogen and oxygen atoms in total. The van der Waals surface area contributed by atoms with Crippen LogP contribution in [0.15, 0.2) is 40.0 Å². The van der Waals surface area contributed by atoms with Crippen molar-refractivity contribution in [1.82, 2.24) is 10.3 Å². The number of halogens is 3. The van der Waals surface area contributed by atoms with Crippen LogP contribution < -0.4 is 11.1 Å². The van der Waals surface area contributed by atoms with Crippen LogP contribution in [0.1, 0.15) is 35.9 Å². The summed E-state index contributed by atoms with van der Waals surface area (Å²) in [6.07, 6.45) is 3.89. The van der Waals surface area contributed by atoms with E-state index in [1.807, 2.05) is 0 Å². The molecule has 2 heterocycles. The van der Waals surface area contributed by atoms with E-state index in [0.29, 0.717) is 23.0 Å². The van der Waals surface area contributed by atoms with Gasteiger partial charge in [-0.05, 0) is 25.3 Å². The Bertz CT molecular complexity index is 1040. The van der Waals surface area contributed by atoms with Gasteiger partial charge in [0.1, 0.15) is 6.04 Å². The average Bonchev–Trinajstić information content (AvgIpc) is 3.43. The van der Waals surface area contributed by atoms with Crippen molar-refractivity contribution in [2.75, 3.05) is 7.11 Å². The molecule has 3 atom stereocenters. The summed E-state index contributed by atoms with van der Waals surface area (Å²) in [4.78, 5) is 21.7. The predicted molar refractivity (Wildman–Crippen MR) is 110 cm³/mol. The summed E-state index contributed by atoms with van der Waals surface area (Å²) in [5.74, 6) is -2.49. The Balaban J connectivity index is 1.91. The van der Waals surface area contributed by atoms with Crippen LogP contribution in [-0.2, 0) is 9.53 Å². The highest BCUT2D eigenvalue weighted by molar-refractivity contribution is 7.11. The highest BCUT2D eigenvalue weighted by Gasteiger charge is 2.38. The molecule has 0 spiro atoms. The van der Waals surface area contributed by atoms with Crippen molar-refractivity contribution in [3.63, 3.8) is 0 Å². The van der Waals surface area contributed by atoms with Crippen molar-refractivity contribution in [3.8, 4) is 0 Å². The normalized spacial score (nSPS) is 23.9. The molecule has 4 rings (SSSR count). The first-order valence-electron chi connectivity index (χ1n) is 9.36. The fourth-order valence-corrected chi connectivity index (χ4v) is 4.77. The SMILES string of the molecule is COC(=O)C1=C(C2CCC(N)C2)NC(c2nccs2)=NC1c1ccc(F)c(F)c1Cl. The molecular formula is C20H19ClF2N4O2S. The standard InChI is InChI=1S/C20H19ClF2N4O2S/c1-29-20(28)13-16(9-2-3-10(24)8-9)26-18(19-25-6-7-30-19)27-17(13)11-4-5-12(22)15(23)14(11)21/h4-7,9-10,17H,2-3,8,24H2,1H3,(H,26,27). The first-order valence-corrected chi connectivity index (χ1v) is 10.6. The zero-order chi connectivity index (χ0) is 21.4. The minimum atomic E-state index is -1.19. The number of hydrogen-bond donors (Lipinski definition) is 2. The number of carbonyl (C=O) groups is 1. The van der Waals surface area contributed by atoms with Gasteiger partial charge in [-0.1, -0.05) is 17.7 Å². The molecule has 3 N–H and O–H groups in total. The molecule has 0 radical (unpaired) electrons. The quantitative estimate of drug-likeness (QED) is 0.545. The van der Waals surface area contributed by atoms with Gasteiger partial charge in [-0.3, -0.25) is 4.99 Å². The van der Waals surface area contributed by atoms with E-state index in [1.54, 1.807) is 11.6 Å². The molecule has 1 aliphatic heterocycles. The lowest BCUT2D eigenvalue weighted by Crippen LogP contribution is -2.36. The second-order valence-electron chi connectivity index (χ2n) is 7.20. The summed E-state index contributed by atoms with van der Waals surface area (Å²) in [5, 5.41) is 5.21.